The Labute approximate surface area is 240 Å². The van der Waals surface area contributed by atoms with Gasteiger partial charge in [-0.05, 0) is 55.5 Å². The molecule has 2 amide bonds. The highest BCUT2D eigenvalue weighted by Crippen LogP contribution is 2.57. The van der Waals surface area contributed by atoms with Gasteiger partial charge < -0.3 is 24.4 Å². The Balaban J connectivity index is 1.42. The second-order valence-corrected chi connectivity index (χ2v) is 11.8. The third kappa shape index (κ3) is 4.67. The fourth-order valence-electron chi connectivity index (χ4n) is 7.20. The monoisotopic (exact) mass is 558 g/mol. The number of benzene rings is 2. The van der Waals surface area contributed by atoms with E-state index in [-0.39, 0.29) is 25.0 Å². The van der Waals surface area contributed by atoms with Crippen LogP contribution in [-0.2, 0) is 23.9 Å². The average molecular weight is 559 g/mol. The number of rotatable bonds is 7. The van der Waals surface area contributed by atoms with E-state index in [0.717, 1.165) is 35.7 Å². The van der Waals surface area contributed by atoms with E-state index in [1.54, 1.807) is 9.80 Å². The molecule has 2 fully saturated rings. The Bertz CT molecular complexity index is 1400. The van der Waals surface area contributed by atoms with Crippen molar-refractivity contribution in [3.05, 3.63) is 66.8 Å². The highest BCUT2D eigenvalue weighted by atomic mass is 16.6. The van der Waals surface area contributed by atoms with Crippen LogP contribution in [0.15, 0.2) is 66.8 Å². The van der Waals surface area contributed by atoms with Gasteiger partial charge in [-0.25, -0.2) is 0 Å². The van der Waals surface area contributed by atoms with Crippen LogP contribution in [0.25, 0.3) is 10.8 Å². The predicted molar refractivity (Wildman–Crippen MR) is 155 cm³/mol. The lowest BCUT2D eigenvalue weighted by molar-refractivity contribution is -0.158. The Morgan fingerprint density at radius 3 is 2.56 bits per heavy atom. The van der Waals surface area contributed by atoms with Gasteiger partial charge in [-0.2, -0.15) is 0 Å². The van der Waals surface area contributed by atoms with Crippen molar-refractivity contribution < 1.29 is 29.0 Å². The van der Waals surface area contributed by atoms with Crippen molar-refractivity contribution in [2.75, 3.05) is 31.2 Å². The molecule has 0 bridgehead atoms. The first-order valence-electron chi connectivity index (χ1n) is 14.8. The Morgan fingerprint density at radius 1 is 0.927 bits per heavy atom. The minimum atomic E-state index is -1.30. The molecule has 1 N–H and O–H groups in total. The summed E-state index contributed by atoms with van der Waals surface area (Å²) in [6, 6.07) is 13.0. The van der Waals surface area contributed by atoms with Crippen LogP contribution in [-0.4, -0.2) is 71.3 Å². The van der Waals surface area contributed by atoms with Crippen molar-refractivity contribution in [2.24, 2.45) is 11.8 Å². The van der Waals surface area contributed by atoms with Crippen LogP contribution in [0.5, 0.6) is 0 Å². The molecule has 4 aliphatic rings. The summed E-state index contributed by atoms with van der Waals surface area (Å²) < 4.78 is 12.5. The molecule has 0 aliphatic carbocycles. The second kappa shape index (κ2) is 11.1. The van der Waals surface area contributed by atoms with Gasteiger partial charge in [0.25, 0.3) is 5.91 Å². The topological polar surface area (TPSA) is 96.4 Å². The molecule has 4 aliphatic heterocycles. The van der Waals surface area contributed by atoms with Crippen LogP contribution in [0.1, 0.15) is 45.4 Å². The lowest BCUT2D eigenvalue weighted by Crippen LogP contribution is -2.56. The van der Waals surface area contributed by atoms with Crippen LogP contribution >= 0.6 is 0 Å². The first-order valence-corrected chi connectivity index (χ1v) is 14.8. The number of fused-ring (bicyclic) bond motifs is 3. The summed E-state index contributed by atoms with van der Waals surface area (Å²) in [7, 11) is 0. The molecule has 0 radical (unpaired) electrons. The van der Waals surface area contributed by atoms with Gasteiger partial charge in [-0.3, -0.25) is 14.4 Å². The van der Waals surface area contributed by atoms with Crippen molar-refractivity contribution in [1.82, 2.24) is 4.90 Å². The van der Waals surface area contributed by atoms with E-state index in [0.29, 0.717) is 32.4 Å². The first-order chi connectivity index (χ1) is 19.9. The number of hydrogen-bond acceptors (Lipinski definition) is 6. The zero-order chi connectivity index (χ0) is 28.6. The highest BCUT2D eigenvalue weighted by Gasteiger charge is 2.74. The van der Waals surface area contributed by atoms with Crippen molar-refractivity contribution in [3.63, 3.8) is 0 Å². The summed E-state index contributed by atoms with van der Waals surface area (Å²) in [6.07, 6.45) is 12.1. The molecule has 4 heterocycles. The quantitative estimate of drug-likeness (QED) is 0.312. The van der Waals surface area contributed by atoms with E-state index in [2.05, 4.69) is 0 Å². The number of carbonyl (C=O) groups is 3. The molecule has 0 aromatic heterocycles. The number of ether oxygens (including phenoxy) is 2. The SMILES string of the molecule is C[C@]12/C=C\CCCOC(=O)[C@H]1[C@H]1C(=O)N(CCCCCCO)C3C(=O)N(c4ccc5ccccc5c4)CC=C[C@@]31O2. The first kappa shape index (κ1) is 27.7. The molecule has 2 aromatic carbocycles. The van der Waals surface area contributed by atoms with Gasteiger partial charge in [0.2, 0.25) is 5.91 Å². The van der Waals surface area contributed by atoms with Gasteiger partial charge in [0.1, 0.15) is 17.6 Å². The van der Waals surface area contributed by atoms with E-state index in [1.165, 1.54) is 0 Å². The van der Waals surface area contributed by atoms with E-state index in [4.69, 9.17) is 9.47 Å². The fraction of sp³-hybridized carbons (Fsp3) is 0.485. The zero-order valence-corrected chi connectivity index (χ0v) is 23.5. The number of unbranched alkanes of at least 4 members (excludes halogenated alkanes) is 3. The third-order valence-corrected chi connectivity index (χ3v) is 9.10. The highest BCUT2D eigenvalue weighted by molar-refractivity contribution is 6.06. The minimum Gasteiger partial charge on any atom is -0.465 e. The number of carbonyl (C=O) groups excluding carboxylic acids is 3. The molecule has 2 aromatic rings. The number of aliphatic hydroxyl groups excluding tert-OH is 1. The van der Waals surface area contributed by atoms with Crippen LogP contribution < -0.4 is 4.90 Å². The maximum atomic E-state index is 14.6. The summed E-state index contributed by atoms with van der Waals surface area (Å²) in [6.45, 7) is 2.94. The summed E-state index contributed by atoms with van der Waals surface area (Å²) in [5.41, 5.74) is -1.64. The smallest absolute Gasteiger partial charge is 0.313 e. The van der Waals surface area contributed by atoms with Gasteiger partial charge in [0.05, 0.1) is 18.1 Å². The average Bonchev–Trinajstić information content (AvgIpc) is 3.31. The van der Waals surface area contributed by atoms with E-state index < -0.39 is 35.0 Å². The van der Waals surface area contributed by atoms with Gasteiger partial charge in [0, 0.05) is 25.4 Å². The zero-order valence-electron chi connectivity index (χ0n) is 23.5. The normalized spacial score (nSPS) is 32.0. The molecule has 5 atom stereocenters. The molecular formula is C33H38N2O6. The standard InChI is InChI=1S/C33H38N2O6/c1-32-16-7-4-10-21-40-31(39)27(32)26-29(37)35(18-8-2-3-9-20-36)28-30(38)34(19-11-17-33(26,28)41-32)25-15-14-23-12-5-6-13-24(23)22-25/h5-7,11-17,22,26-28,36H,2-4,8-10,18-21H2,1H3/b16-7-/t26-,27+,28?,32-,33-/m0/s1. The molecular weight excluding hydrogens is 520 g/mol. The van der Waals surface area contributed by atoms with Crippen molar-refractivity contribution >= 4 is 34.2 Å². The third-order valence-electron chi connectivity index (χ3n) is 9.10. The molecule has 6 rings (SSSR count). The molecule has 216 valence electrons. The van der Waals surface area contributed by atoms with Gasteiger partial charge >= 0.3 is 5.97 Å². The number of likely N-dealkylation sites (tertiary alicyclic amines) is 1. The Hall–Kier alpha value is -3.49. The van der Waals surface area contributed by atoms with Gasteiger partial charge in [0.15, 0.2) is 0 Å². The Kier molecular flexibility index (Phi) is 7.47. The van der Waals surface area contributed by atoms with Crippen LogP contribution in [0, 0.1) is 11.8 Å². The van der Waals surface area contributed by atoms with Crippen molar-refractivity contribution in [1.29, 1.82) is 0 Å². The lowest BCUT2D eigenvalue weighted by atomic mass is 9.74. The van der Waals surface area contributed by atoms with Crippen LogP contribution in [0.3, 0.4) is 0 Å². The van der Waals surface area contributed by atoms with Crippen molar-refractivity contribution in [2.45, 2.75) is 62.7 Å². The van der Waals surface area contributed by atoms with E-state index in [9.17, 15) is 19.5 Å². The predicted octanol–water partition coefficient (Wildman–Crippen LogP) is 4.16. The number of amides is 2. The van der Waals surface area contributed by atoms with Crippen LogP contribution in [0.2, 0.25) is 0 Å². The summed E-state index contributed by atoms with van der Waals surface area (Å²) in [5.74, 6) is -2.65. The Morgan fingerprint density at radius 2 is 1.73 bits per heavy atom. The largest absolute Gasteiger partial charge is 0.465 e. The van der Waals surface area contributed by atoms with Gasteiger partial charge in [-0.1, -0.05) is 67.5 Å². The molecule has 1 unspecified atom stereocenters. The van der Waals surface area contributed by atoms with Crippen molar-refractivity contribution in [3.8, 4) is 0 Å². The molecule has 1 spiro atoms. The molecule has 8 nitrogen and oxygen atoms in total. The number of aliphatic hydroxyl groups is 1. The molecule has 2 saturated heterocycles. The van der Waals surface area contributed by atoms with E-state index in [1.807, 2.05) is 73.7 Å². The summed E-state index contributed by atoms with van der Waals surface area (Å²) >= 11 is 0. The minimum absolute atomic E-state index is 0.129. The number of anilines is 1. The van der Waals surface area contributed by atoms with E-state index >= 15 is 0 Å². The number of hydrogen-bond donors (Lipinski definition) is 1. The second-order valence-electron chi connectivity index (χ2n) is 11.8. The maximum Gasteiger partial charge on any atom is 0.313 e. The fourth-order valence-corrected chi connectivity index (χ4v) is 7.20. The number of cyclic esters (lactones) is 1. The molecule has 8 heteroatoms. The molecule has 41 heavy (non-hydrogen) atoms. The number of esters is 1. The molecule has 0 saturated carbocycles. The van der Waals surface area contributed by atoms with Gasteiger partial charge in [-0.15, -0.1) is 0 Å². The summed E-state index contributed by atoms with van der Waals surface area (Å²) in [4.78, 5) is 45.9. The summed E-state index contributed by atoms with van der Waals surface area (Å²) in [5, 5.41) is 11.3. The van der Waals surface area contributed by atoms with Crippen LogP contribution in [0.4, 0.5) is 5.69 Å². The lowest BCUT2D eigenvalue weighted by Gasteiger charge is -2.37. The number of nitrogens with zero attached hydrogens (tertiary/aromatic N) is 2. The number of allylic oxidation sites excluding steroid dienone is 1. The maximum absolute atomic E-state index is 14.6.